The zero-order valence-electron chi connectivity index (χ0n) is 16.6. The van der Waals surface area contributed by atoms with Crippen molar-refractivity contribution in [3.8, 4) is 28.6 Å². The number of nitrogens with zero attached hydrogens (tertiary/aromatic N) is 7. The van der Waals surface area contributed by atoms with E-state index in [0.717, 1.165) is 0 Å². The maximum absolute atomic E-state index is 14.1. The fourth-order valence-electron chi connectivity index (χ4n) is 3.54. The Hall–Kier alpha value is -4.71. The lowest BCUT2D eigenvalue weighted by Crippen LogP contribution is -2.04. The van der Waals surface area contributed by atoms with E-state index in [4.69, 9.17) is 5.73 Å². The van der Waals surface area contributed by atoms with Gasteiger partial charge in [0.15, 0.2) is 0 Å². The monoisotopic (exact) mass is 422 g/mol. The summed E-state index contributed by atoms with van der Waals surface area (Å²) in [5, 5.41) is 14.6. The van der Waals surface area contributed by atoms with Gasteiger partial charge in [0.05, 0.1) is 46.2 Å². The largest absolute Gasteiger partial charge is 0.383 e. The van der Waals surface area contributed by atoms with E-state index in [1.54, 1.807) is 41.3 Å². The molecule has 0 aliphatic rings. The number of pyridine rings is 2. The van der Waals surface area contributed by atoms with Crippen LogP contribution >= 0.6 is 0 Å². The lowest BCUT2D eigenvalue weighted by atomic mass is 9.99. The highest BCUT2D eigenvalue weighted by molar-refractivity contribution is 6.03. The molecule has 0 unspecified atom stereocenters. The van der Waals surface area contributed by atoms with E-state index in [0.29, 0.717) is 39.0 Å². The fourth-order valence-corrected chi connectivity index (χ4v) is 3.54. The third-order valence-electron chi connectivity index (χ3n) is 4.99. The second-order valence-electron chi connectivity index (χ2n) is 7.03. The number of hydrogen-bond donors (Lipinski definition) is 1. The zero-order valence-corrected chi connectivity index (χ0v) is 16.6. The molecule has 0 atom stereocenters. The SMILES string of the molecule is N#Cc1cccc(-c2nc(N)c3cn(Cc4ncccc4F)nc3c2-c2ccncn2)c1. The van der Waals surface area contributed by atoms with Gasteiger partial charge in [-0.1, -0.05) is 12.1 Å². The number of nitrogens with two attached hydrogens (primary N) is 1. The van der Waals surface area contributed by atoms with E-state index in [-0.39, 0.29) is 18.1 Å². The highest BCUT2D eigenvalue weighted by Gasteiger charge is 2.20. The molecule has 8 nitrogen and oxygen atoms in total. The molecule has 0 amide bonds. The van der Waals surface area contributed by atoms with Crippen LogP contribution in [-0.2, 0) is 6.54 Å². The second-order valence-corrected chi connectivity index (χ2v) is 7.03. The first-order valence-electron chi connectivity index (χ1n) is 9.67. The van der Waals surface area contributed by atoms with Gasteiger partial charge < -0.3 is 5.73 Å². The highest BCUT2D eigenvalue weighted by Crippen LogP contribution is 2.37. The smallest absolute Gasteiger partial charge is 0.146 e. The standard InChI is InChI=1S/C23H15FN8/c24-17-5-2-7-28-19(17)12-32-11-16-22(31-32)20(18-6-8-27-13-29-18)21(30-23(16)26)15-4-1-3-14(9-15)10-25/h1-9,11,13H,12H2,(H2,26,30). The van der Waals surface area contributed by atoms with Gasteiger partial charge in [0.2, 0.25) is 0 Å². The minimum absolute atomic E-state index is 0.128. The van der Waals surface area contributed by atoms with Crippen molar-refractivity contribution < 1.29 is 4.39 Å². The summed E-state index contributed by atoms with van der Waals surface area (Å²) in [6.07, 6.45) is 6.31. The molecule has 0 fully saturated rings. The van der Waals surface area contributed by atoms with E-state index < -0.39 is 5.82 Å². The number of aromatic nitrogens is 6. The van der Waals surface area contributed by atoms with E-state index in [1.165, 1.54) is 24.7 Å². The van der Waals surface area contributed by atoms with Crippen LogP contribution in [0, 0.1) is 17.1 Å². The first kappa shape index (κ1) is 19.3. The number of anilines is 1. The van der Waals surface area contributed by atoms with Crippen LogP contribution in [0.1, 0.15) is 11.3 Å². The van der Waals surface area contributed by atoms with Gasteiger partial charge in [-0.2, -0.15) is 10.4 Å². The van der Waals surface area contributed by atoms with Crippen LogP contribution in [0.5, 0.6) is 0 Å². The predicted octanol–water partition coefficient (Wildman–Crippen LogP) is 3.59. The first-order chi connectivity index (χ1) is 15.6. The van der Waals surface area contributed by atoms with Crippen molar-refractivity contribution in [3.05, 3.63) is 84.5 Å². The molecule has 4 aromatic heterocycles. The molecule has 0 aliphatic heterocycles. The molecule has 32 heavy (non-hydrogen) atoms. The maximum Gasteiger partial charge on any atom is 0.146 e. The second kappa shape index (κ2) is 7.85. The summed E-state index contributed by atoms with van der Waals surface area (Å²) in [6.45, 7) is 0.128. The summed E-state index contributed by atoms with van der Waals surface area (Å²) in [5.74, 6) is -0.147. The van der Waals surface area contributed by atoms with Gasteiger partial charge in [-0.15, -0.1) is 0 Å². The van der Waals surface area contributed by atoms with Crippen molar-refractivity contribution in [3.63, 3.8) is 0 Å². The Balaban J connectivity index is 1.76. The molecule has 5 rings (SSSR count). The maximum atomic E-state index is 14.1. The van der Waals surface area contributed by atoms with Crippen LogP contribution in [0.2, 0.25) is 0 Å². The summed E-state index contributed by atoms with van der Waals surface area (Å²) in [5.41, 5.74) is 10.1. The van der Waals surface area contributed by atoms with Gasteiger partial charge in [-0.25, -0.2) is 19.3 Å². The Bertz CT molecular complexity index is 1490. The van der Waals surface area contributed by atoms with Crippen LogP contribution in [0.3, 0.4) is 0 Å². The van der Waals surface area contributed by atoms with Crippen molar-refractivity contribution in [2.45, 2.75) is 6.54 Å². The average Bonchev–Trinajstić information content (AvgIpc) is 3.25. The van der Waals surface area contributed by atoms with Crippen LogP contribution < -0.4 is 5.73 Å². The lowest BCUT2D eigenvalue weighted by Gasteiger charge is -2.11. The molecule has 0 saturated heterocycles. The topological polar surface area (TPSA) is 119 Å². The average molecular weight is 422 g/mol. The van der Waals surface area contributed by atoms with Crippen molar-refractivity contribution in [2.24, 2.45) is 0 Å². The molecule has 9 heteroatoms. The van der Waals surface area contributed by atoms with Crippen LogP contribution in [-0.4, -0.2) is 29.7 Å². The van der Waals surface area contributed by atoms with Crippen molar-refractivity contribution in [1.29, 1.82) is 5.26 Å². The van der Waals surface area contributed by atoms with Gasteiger partial charge in [0, 0.05) is 24.2 Å². The van der Waals surface area contributed by atoms with Gasteiger partial charge in [-0.05, 0) is 30.3 Å². The lowest BCUT2D eigenvalue weighted by molar-refractivity contribution is 0.572. The van der Waals surface area contributed by atoms with E-state index in [1.807, 2.05) is 6.07 Å². The van der Waals surface area contributed by atoms with Gasteiger partial charge in [0.25, 0.3) is 0 Å². The number of nitrogen functional groups attached to an aromatic ring is 1. The van der Waals surface area contributed by atoms with Crippen LogP contribution in [0.15, 0.2) is 67.4 Å². The first-order valence-corrected chi connectivity index (χ1v) is 9.67. The summed E-state index contributed by atoms with van der Waals surface area (Å²) in [7, 11) is 0. The van der Waals surface area contributed by atoms with Gasteiger partial charge >= 0.3 is 0 Å². The minimum Gasteiger partial charge on any atom is -0.383 e. The quantitative estimate of drug-likeness (QED) is 0.470. The molecule has 4 heterocycles. The number of nitriles is 1. The van der Waals surface area contributed by atoms with Crippen LogP contribution in [0.4, 0.5) is 10.2 Å². The highest BCUT2D eigenvalue weighted by atomic mass is 19.1. The van der Waals surface area contributed by atoms with Crippen molar-refractivity contribution in [1.82, 2.24) is 29.7 Å². The van der Waals surface area contributed by atoms with Gasteiger partial charge in [-0.3, -0.25) is 9.67 Å². The normalized spacial score (nSPS) is 10.9. The Kier molecular flexibility index (Phi) is 4.72. The Morgan fingerprint density at radius 3 is 2.78 bits per heavy atom. The Labute approximate surface area is 181 Å². The molecular formula is C23H15FN8. The molecular weight excluding hydrogens is 407 g/mol. The van der Waals surface area contributed by atoms with Crippen LogP contribution in [0.25, 0.3) is 33.4 Å². The summed E-state index contributed by atoms with van der Waals surface area (Å²) in [6, 6.07) is 13.9. The molecule has 154 valence electrons. The summed E-state index contributed by atoms with van der Waals surface area (Å²) < 4.78 is 15.7. The molecule has 0 saturated carbocycles. The fraction of sp³-hybridized carbons (Fsp3) is 0.0435. The van der Waals surface area contributed by atoms with E-state index >= 15 is 0 Å². The minimum atomic E-state index is -0.414. The molecule has 1 aromatic carbocycles. The number of rotatable bonds is 4. The van der Waals surface area contributed by atoms with Crippen molar-refractivity contribution >= 4 is 16.7 Å². The molecule has 0 aliphatic carbocycles. The van der Waals surface area contributed by atoms with Gasteiger partial charge in [0.1, 0.15) is 23.5 Å². The summed E-state index contributed by atoms with van der Waals surface area (Å²) >= 11 is 0. The number of benzene rings is 1. The Morgan fingerprint density at radius 2 is 2.00 bits per heavy atom. The molecule has 0 spiro atoms. The molecule has 2 N–H and O–H groups in total. The van der Waals surface area contributed by atoms with E-state index in [2.05, 4.69) is 31.1 Å². The molecule has 0 radical (unpaired) electrons. The molecule has 5 aromatic rings. The molecule has 0 bridgehead atoms. The number of halogens is 1. The third-order valence-corrected chi connectivity index (χ3v) is 4.99. The summed E-state index contributed by atoms with van der Waals surface area (Å²) in [4.78, 5) is 17.1. The number of fused-ring (bicyclic) bond motifs is 1. The van der Waals surface area contributed by atoms with E-state index in [9.17, 15) is 9.65 Å². The number of hydrogen-bond acceptors (Lipinski definition) is 7. The zero-order chi connectivity index (χ0) is 22.1. The third kappa shape index (κ3) is 3.40. The Morgan fingerprint density at radius 1 is 1.09 bits per heavy atom. The van der Waals surface area contributed by atoms with Crippen molar-refractivity contribution in [2.75, 3.05) is 5.73 Å². The predicted molar refractivity (Wildman–Crippen MR) is 116 cm³/mol.